The maximum Gasteiger partial charge on any atom is 0.0737 e. The van der Waals surface area contributed by atoms with Crippen LogP contribution in [0.3, 0.4) is 0 Å². The van der Waals surface area contributed by atoms with Gasteiger partial charge in [-0.15, -0.1) is 0 Å². The van der Waals surface area contributed by atoms with Gasteiger partial charge in [0.15, 0.2) is 0 Å². The molecule has 0 aliphatic heterocycles. The van der Waals surface area contributed by atoms with E-state index in [9.17, 15) is 0 Å². The van der Waals surface area contributed by atoms with Gasteiger partial charge >= 0.3 is 0 Å². The first-order valence-electron chi connectivity index (χ1n) is 7.44. The Bertz CT molecular complexity index is 656. The van der Waals surface area contributed by atoms with E-state index < -0.39 is 0 Å². The summed E-state index contributed by atoms with van der Waals surface area (Å²) in [5.74, 6) is 0. The van der Waals surface area contributed by atoms with Gasteiger partial charge in [-0.2, -0.15) is 0 Å². The molecule has 1 N–H and O–H groups in total. The number of rotatable bonds is 4. The summed E-state index contributed by atoms with van der Waals surface area (Å²) in [7, 11) is 0. The molecule has 21 heavy (non-hydrogen) atoms. The molecule has 4 heteroatoms. The summed E-state index contributed by atoms with van der Waals surface area (Å²) < 4.78 is 5.79. The van der Waals surface area contributed by atoms with E-state index in [1.807, 2.05) is 30.5 Å². The van der Waals surface area contributed by atoms with Crippen LogP contribution in [0.4, 0.5) is 5.69 Å². The van der Waals surface area contributed by atoms with E-state index in [1.165, 1.54) is 0 Å². The molecule has 1 aliphatic rings. The molecule has 1 aromatic carbocycles. The van der Waals surface area contributed by atoms with Crippen LogP contribution in [0.1, 0.15) is 27.2 Å². The molecule has 3 nitrogen and oxygen atoms in total. The highest BCUT2D eigenvalue weighted by Crippen LogP contribution is 2.44. The first-order valence-corrected chi connectivity index (χ1v) is 7.82. The second-order valence-electron chi connectivity index (χ2n) is 6.22. The van der Waals surface area contributed by atoms with E-state index in [1.54, 1.807) is 0 Å². The average molecular weight is 305 g/mol. The number of halogens is 1. The highest BCUT2D eigenvalue weighted by atomic mass is 35.5. The minimum Gasteiger partial charge on any atom is -0.381 e. The van der Waals surface area contributed by atoms with E-state index in [2.05, 4.69) is 31.1 Å². The summed E-state index contributed by atoms with van der Waals surface area (Å²) in [6.07, 6.45) is 3.20. The molecule has 0 spiro atoms. The van der Waals surface area contributed by atoms with Gasteiger partial charge in [0.05, 0.1) is 11.6 Å². The van der Waals surface area contributed by atoms with Crippen LogP contribution in [0.25, 0.3) is 10.9 Å². The number of hydrogen-bond donors (Lipinski definition) is 1. The summed E-state index contributed by atoms with van der Waals surface area (Å²) in [6, 6.07) is 8.28. The smallest absolute Gasteiger partial charge is 0.0737 e. The minimum atomic E-state index is 0.137. The molecule has 2 atom stereocenters. The lowest BCUT2D eigenvalue weighted by Gasteiger charge is -2.52. The van der Waals surface area contributed by atoms with Gasteiger partial charge in [-0.25, -0.2) is 0 Å². The van der Waals surface area contributed by atoms with Gasteiger partial charge in [-0.1, -0.05) is 25.4 Å². The van der Waals surface area contributed by atoms with Gasteiger partial charge in [-0.3, -0.25) is 4.98 Å². The van der Waals surface area contributed by atoms with Crippen molar-refractivity contribution in [2.24, 2.45) is 5.41 Å². The molecular formula is C17H21ClN2O. The summed E-state index contributed by atoms with van der Waals surface area (Å²) in [4.78, 5) is 4.39. The summed E-state index contributed by atoms with van der Waals surface area (Å²) in [5, 5.41) is 5.48. The van der Waals surface area contributed by atoms with Gasteiger partial charge in [0.2, 0.25) is 0 Å². The summed E-state index contributed by atoms with van der Waals surface area (Å²) in [6.45, 7) is 7.35. The van der Waals surface area contributed by atoms with Crippen molar-refractivity contribution in [2.45, 2.75) is 39.3 Å². The van der Waals surface area contributed by atoms with Crippen molar-refractivity contribution in [1.29, 1.82) is 0 Å². The van der Waals surface area contributed by atoms with Crippen molar-refractivity contribution in [3.05, 3.63) is 35.5 Å². The second-order valence-corrected chi connectivity index (χ2v) is 6.65. The normalized spacial score (nSPS) is 23.8. The summed E-state index contributed by atoms with van der Waals surface area (Å²) >= 11 is 6.04. The highest BCUT2D eigenvalue weighted by Gasteiger charge is 2.48. The molecule has 2 aromatic rings. The van der Waals surface area contributed by atoms with Crippen LogP contribution < -0.4 is 5.32 Å². The number of ether oxygens (including phenoxy) is 1. The quantitative estimate of drug-likeness (QED) is 0.903. The number of hydrogen-bond acceptors (Lipinski definition) is 3. The first-order chi connectivity index (χ1) is 10.0. The number of aromatic nitrogens is 1. The number of pyridine rings is 1. The van der Waals surface area contributed by atoms with Crippen molar-refractivity contribution in [3.8, 4) is 0 Å². The summed E-state index contributed by atoms with van der Waals surface area (Å²) in [5.41, 5.74) is 2.17. The molecule has 1 saturated carbocycles. The maximum atomic E-state index is 6.04. The molecule has 1 fully saturated rings. The van der Waals surface area contributed by atoms with Gasteiger partial charge in [-0.05, 0) is 37.6 Å². The Morgan fingerprint density at radius 3 is 2.90 bits per heavy atom. The molecule has 3 rings (SSSR count). The molecule has 2 unspecified atom stereocenters. The van der Waals surface area contributed by atoms with Crippen LogP contribution in [0.5, 0.6) is 0 Å². The zero-order valence-electron chi connectivity index (χ0n) is 12.7. The van der Waals surface area contributed by atoms with Crippen LogP contribution >= 0.6 is 11.6 Å². The lowest BCUT2D eigenvalue weighted by molar-refractivity contribution is -0.0975. The molecule has 0 radical (unpaired) electrons. The SMILES string of the molecule is CCOC1CC(Nc2ccnc3cc(Cl)ccc23)C1(C)C. The van der Waals surface area contributed by atoms with E-state index in [0.717, 1.165) is 29.6 Å². The molecular weight excluding hydrogens is 284 g/mol. The predicted octanol–water partition coefficient (Wildman–Crippen LogP) is 4.50. The van der Waals surface area contributed by atoms with Crippen LogP contribution in [-0.4, -0.2) is 23.7 Å². The van der Waals surface area contributed by atoms with Crippen LogP contribution in [0, 0.1) is 5.41 Å². The molecule has 112 valence electrons. The van der Waals surface area contributed by atoms with Crippen molar-refractivity contribution >= 4 is 28.2 Å². The molecule has 1 aromatic heterocycles. The third-order valence-electron chi connectivity index (χ3n) is 4.58. The van der Waals surface area contributed by atoms with E-state index in [0.29, 0.717) is 17.2 Å². The van der Waals surface area contributed by atoms with Gasteiger partial charge in [0.1, 0.15) is 0 Å². The maximum absolute atomic E-state index is 6.04. The Hall–Kier alpha value is -1.32. The van der Waals surface area contributed by atoms with Gasteiger partial charge in [0, 0.05) is 40.4 Å². The zero-order valence-corrected chi connectivity index (χ0v) is 13.4. The lowest BCUT2D eigenvalue weighted by atomic mass is 9.64. The predicted molar refractivity (Wildman–Crippen MR) is 88.0 cm³/mol. The Balaban J connectivity index is 1.83. The Morgan fingerprint density at radius 1 is 1.38 bits per heavy atom. The van der Waals surface area contributed by atoms with Crippen LogP contribution in [-0.2, 0) is 4.74 Å². The highest BCUT2D eigenvalue weighted by molar-refractivity contribution is 6.31. The molecule has 1 heterocycles. The van der Waals surface area contributed by atoms with Crippen LogP contribution in [0.15, 0.2) is 30.5 Å². The number of nitrogens with one attached hydrogen (secondary N) is 1. The third-order valence-corrected chi connectivity index (χ3v) is 4.82. The fraction of sp³-hybridized carbons (Fsp3) is 0.471. The van der Waals surface area contributed by atoms with E-state index in [-0.39, 0.29) is 5.41 Å². The average Bonchev–Trinajstić information content (AvgIpc) is 2.46. The van der Waals surface area contributed by atoms with E-state index >= 15 is 0 Å². The second kappa shape index (κ2) is 5.47. The van der Waals surface area contributed by atoms with Crippen molar-refractivity contribution in [3.63, 3.8) is 0 Å². The Labute approximate surface area is 130 Å². The largest absolute Gasteiger partial charge is 0.381 e. The molecule has 1 aliphatic carbocycles. The minimum absolute atomic E-state index is 0.137. The first kappa shape index (κ1) is 14.6. The van der Waals surface area contributed by atoms with Gasteiger partial charge in [0.25, 0.3) is 0 Å². The zero-order chi connectivity index (χ0) is 15.0. The standard InChI is InChI=1S/C17H21ClN2O/c1-4-21-16-10-15(17(16,2)3)20-13-7-8-19-14-9-11(18)5-6-12(13)14/h5-9,15-16H,4,10H2,1-3H3,(H,19,20). The fourth-order valence-corrected chi connectivity index (χ4v) is 3.22. The van der Waals surface area contributed by atoms with Crippen molar-refractivity contribution in [1.82, 2.24) is 4.98 Å². The topological polar surface area (TPSA) is 34.1 Å². The van der Waals surface area contributed by atoms with E-state index in [4.69, 9.17) is 16.3 Å². The molecule has 0 bridgehead atoms. The number of fused-ring (bicyclic) bond motifs is 1. The monoisotopic (exact) mass is 304 g/mol. The Morgan fingerprint density at radius 2 is 2.19 bits per heavy atom. The number of nitrogens with zero attached hydrogens (tertiary/aromatic N) is 1. The number of anilines is 1. The molecule has 0 saturated heterocycles. The lowest BCUT2D eigenvalue weighted by Crippen LogP contribution is -2.58. The number of benzene rings is 1. The Kier molecular flexibility index (Phi) is 3.80. The molecule has 0 amide bonds. The fourth-order valence-electron chi connectivity index (χ4n) is 3.05. The third kappa shape index (κ3) is 2.60. The van der Waals surface area contributed by atoms with Gasteiger partial charge < -0.3 is 10.1 Å². The van der Waals surface area contributed by atoms with Crippen LogP contribution in [0.2, 0.25) is 5.02 Å². The van der Waals surface area contributed by atoms with Crippen molar-refractivity contribution < 1.29 is 4.74 Å². The van der Waals surface area contributed by atoms with Crippen molar-refractivity contribution in [2.75, 3.05) is 11.9 Å².